The average molecular weight is 265 g/mol. The second kappa shape index (κ2) is 5.51. The highest BCUT2D eigenvalue weighted by Gasteiger charge is 2.07. The highest BCUT2D eigenvalue weighted by molar-refractivity contribution is 5.85. The maximum absolute atomic E-state index is 9.87. The van der Waals surface area contributed by atoms with Crippen LogP contribution in [-0.2, 0) is 6.54 Å². The molecule has 2 heteroatoms. The fourth-order valence-electron chi connectivity index (χ4n) is 2.62. The first kappa shape index (κ1) is 12.9. The molecular weight excluding hydrogens is 246 g/mol. The van der Waals surface area contributed by atoms with E-state index in [1.165, 1.54) is 16.3 Å². The Balaban J connectivity index is 1.91. The second-order valence-corrected chi connectivity index (χ2v) is 5.18. The van der Waals surface area contributed by atoms with E-state index in [9.17, 15) is 5.11 Å². The predicted octanol–water partition coefficient (Wildman–Crippen LogP) is 4.13. The Kier molecular flexibility index (Phi) is 3.57. The zero-order valence-corrected chi connectivity index (χ0v) is 11.7. The van der Waals surface area contributed by atoms with Crippen LogP contribution in [0.25, 0.3) is 10.8 Å². The Labute approximate surface area is 119 Å². The minimum absolute atomic E-state index is 0.358. The molecule has 0 aliphatic carbocycles. The SMILES string of the molecule is CCC(O)c1ccn(Cc2cccc3ccccc23)c1. The van der Waals surface area contributed by atoms with Crippen LogP contribution in [0, 0.1) is 0 Å². The van der Waals surface area contributed by atoms with Gasteiger partial charge in [0.1, 0.15) is 0 Å². The second-order valence-electron chi connectivity index (χ2n) is 5.18. The van der Waals surface area contributed by atoms with E-state index in [0.29, 0.717) is 0 Å². The first-order chi connectivity index (χ1) is 9.78. The van der Waals surface area contributed by atoms with Crippen LogP contribution in [0.3, 0.4) is 0 Å². The summed E-state index contributed by atoms with van der Waals surface area (Å²) >= 11 is 0. The van der Waals surface area contributed by atoms with Gasteiger partial charge >= 0.3 is 0 Å². The van der Waals surface area contributed by atoms with Crippen molar-refractivity contribution in [2.24, 2.45) is 0 Å². The van der Waals surface area contributed by atoms with Gasteiger partial charge in [-0.15, -0.1) is 0 Å². The zero-order chi connectivity index (χ0) is 13.9. The minimum Gasteiger partial charge on any atom is -0.388 e. The molecule has 0 saturated heterocycles. The van der Waals surface area contributed by atoms with Crippen molar-refractivity contribution in [1.82, 2.24) is 4.57 Å². The molecule has 0 aliphatic rings. The average Bonchev–Trinajstić information content (AvgIpc) is 2.95. The van der Waals surface area contributed by atoms with Gasteiger partial charge in [-0.25, -0.2) is 0 Å². The van der Waals surface area contributed by atoms with E-state index >= 15 is 0 Å². The number of rotatable bonds is 4. The number of aromatic nitrogens is 1. The van der Waals surface area contributed by atoms with E-state index in [0.717, 1.165) is 18.5 Å². The molecule has 0 aliphatic heterocycles. The molecule has 1 aromatic heterocycles. The van der Waals surface area contributed by atoms with Crippen LogP contribution in [0.4, 0.5) is 0 Å². The molecule has 0 radical (unpaired) electrons. The monoisotopic (exact) mass is 265 g/mol. The van der Waals surface area contributed by atoms with Crippen LogP contribution in [0.5, 0.6) is 0 Å². The lowest BCUT2D eigenvalue weighted by atomic mass is 10.0. The van der Waals surface area contributed by atoms with Crippen molar-refractivity contribution in [2.45, 2.75) is 26.0 Å². The van der Waals surface area contributed by atoms with Crippen LogP contribution in [0.1, 0.15) is 30.6 Å². The lowest BCUT2D eigenvalue weighted by Gasteiger charge is -2.08. The largest absolute Gasteiger partial charge is 0.388 e. The third kappa shape index (κ3) is 2.47. The molecule has 1 heterocycles. The van der Waals surface area contributed by atoms with Gasteiger partial charge in [0.15, 0.2) is 0 Å². The molecule has 2 aromatic carbocycles. The Morgan fingerprint density at radius 2 is 1.85 bits per heavy atom. The maximum Gasteiger partial charge on any atom is 0.0802 e. The third-order valence-corrected chi connectivity index (χ3v) is 3.78. The fourth-order valence-corrected chi connectivity index (χ4v) is 2.62. The molecule has 1 unspecified atom stereocenters. The van der Waals surface area contributed by atoms with Gasteiger partial charge in [0, 0.05) is 18.9 Å². The first-order valence-electron chi connectivity index (χ1n) is 7.08. The molecule has 102 valence electrons. The lowest BCUT2D eigenvalue weighted by molar-refractivity contribution is 0.173. The number of aliphatic hydroxyl groups is 1. The maximum atomic E-state index is 9.87. The third-order valence-electron chi connectivity index (χ3n) is 3.78. The molecule has 0 spiro atoms. The highest BCUT2D eigenvalue weighted by atomic mass is 16.3. The van der Waals surface area contributed by atoms with Crippen molar-refractivity contribution < 1.29 is 5.11 Å². The van der Waals surface area contributed by atoms with Gasteiger partial charge in [-0.1, -0.05) is 49.4 Å². The van der Waals surface area contributed by atoms with E-state index in [2.05, 4.69) is 47.0 Å². The van der Waals surface area contributed by atoms with Gasteiger partial charge in [0.25, 0.3) is 0 Å². The number of aliphatic hydroxyl groups excluding tert-OH is 1. The molecular formula is C18H19NO. The summed E-state index contributed by atoms with van der Waals surface area (Å²) in [6.07, 6.45) is 4.47. The molecule has 1 N–H and O–H groups in total. The van der Waals surface area contributed by atoms with E-state index in [4.69, 9.17) is 0 Å². The van der Waals surface area contributed by atoms with Crippen LogP contribution >= 0.6 is 0 Å². The molecule has 0 amide bonds. The van der Waals surface area contributed by atoms with Crippen molar-refractivity contribution in [1.29, 1.82) is 0 Å². The summed E-state index contributed by atoms with van der Waals surface area (Å²) in [5.74, 6) is 0. The van der Waals surface area contributed by atoms with Crippen molar-refractivity contribution in [3.8, 4) is 0 Å². The van der Waals surface area contributed by atoms with E-state index < -0.39 is 0 Å². The van der Waals surface area contributed by atoms with E-state index in [-0.39, 0.29) is 6.10 Å². The lowest BCUT2D eigenvalue weighted by Crippen LogP contribution is -1.98. The summed E-state index contributed by atoms with van der Waals surface area (Å²) in [7, 11) is 0. The molecule has 3 aromatic rings. The van der Waals surface area contributed by atoms with Gasteiger partial charge in [-0.2, -0.15) is 0 Å². The fraction of sp³-hybridized carbons (Fsp3) is 0.222. The van der Waals surface area contributed by atoms with Gasteiger partial charge in [0.05, 0.1) is 6.10 Å². The summed E-state index contributed by atoms with van der Waals surface area (Å²) in [4.78, 5) is 0. The van der Waals surface area contributed by atoms with Gasteiger partial charge in [-0.05, 0) is 34.4 Å². The number of benzene rings is 2. The van der Waals surface area contributed by atoms with Crippen LogP contribution in [0.2, 0.25) is 0 Å². The minimum atomic E-state index is -0.358. The first-order valence-corrected chi connectivity index (χ1v) is 7.08. The number of hydrogen-bond acceptors (Lipinski definition) is 1. The van der Waals surface area contributed by atoms with Crippen LogP contribution < -0.4 is 0 Å². The Morgan fingerprint density at radius 3 is 2.70 bits per heavy atom. The molecule has 3 rings (SSSR count). The van der Waals surface area contributed by atoms with Crippen LogP contribution in [-0.4, -0.2) is 9.67 Å². The summed E-state index contributed by atoms with van der Waals surface area (Å²) in [5, 5.41) is 12.4. The molecule has 0 saturated carbocycles. The summed E-state index contributed by atoms with van der Waals surface area (Å²) in [6, 6.07) is 16.9. The van der Waals surface area contributed by atoms with Crippen molar-refractivity contribution in [2.75, 3.05) is 0 Å². The predicted molar refractivity (Wildman–Crippen MR) is 82.7 cm³/mol. The summed E-state index contributed by atoms with van der Waals surface area (Å²) in [6.45, 7) is 2.82. The van der Waals surface area contributed by atoms with Gasteiger partial charge in [0.2, 0.25) is 0 Å². The normalized spacial score (nSPS) is 12.7. The zero-order valence-electron chi connectivity index (χ0n) is 11.7. The van der Waals surface area contributed by atoms with E-state index in [1.54, 1.807) is 0 Å². The summed E-state index contributed by atoms with van der Waals surface area (Å²) < 4.78 is 2.13. The molecule has 20 heavy (non-hydrogen) atoms. The smallest absolute Gasteiger partial charge is 0.0802 e. The van der Waals surface area contributed by atoms with Crippen LogP contribution in [0.15, 0.2) is 60.9 Å². The molecule has 1 atom stereocenters. The highest BCUT2D eigenvalue weighted by Crippen LogP contribution is 2.21. The molecule has 0 fully saturated rings. The molecule has 2 nitrogen and oxygen atoms in total. The van der Waals surface area contributed by atoms with Gasteiger partial charge in [-0.3, -0.25) is 0 Å². The molecule has 0 bridgehead atoms. The number of fused-ring (bicyclic) bond motifs is 1. The quantitative estimate of drug-likeness (QED) is 0.753. The van der Waals surface area contributed by atoms with Crippen molar-refractivity contribution in [3.63, 3.8) is 0 Å². The van der Waals surface area contributed by atoms with E-state index in [1.807, 2.05) is 25.4 Å². The Hall–Kier alpha value is -2.06. The number of nitrogens with zero attached hydrogens (tertiary/aromatic N) is 1. The van der Waals surface area contributed by atoms with Crippen molar-refractivity contribution >= 4 is 10.8 Å². The standard InChI is InChI=1S/C18H19NO/c1-2-18(20)16-10-11-19(13-16)12-15-8-5-7-14-6-3-4-9-17(14)15/h3-11,13,18,20H,2,12H2,1H3. The Morgan fingerprint density at radius 1 is 1.05 bits per heavy atom. The summed E-state index contributed by atoms with van der Waals surface area (Å²) in [5.41, 5.74) is 2.30. The number of hydrogen-bond donors (Lipinski definition) is 1. The van der Waals surface area contributed by atoms with Crippen molar-refractivity contribution in [3.05, 3.63) is 72.1 Å². The Bertz CT molecular complexity index is 709. The topological polar surface area (TPSA) is 25.2 Å². The van der Waals surface area contributed by atoms with Gasteiger partial charge < -0.3 is 9.67 Å².